The van der Waals surface area contributed by atoms with Crippen LogP contribution in [0.25, 0.3) is 11.0 Å². The van der Waals surface area contributed by atoms with Crippen LogP contribution >= 0.6 is 0 Å². The standard InChI is InChI=1S/C13H16F2N2/c1-3-9(4-2)17-11-8-6-5-7-10(11)16-13(17)12(14)15/h5-9,12H,3-4H2,1-2H3. The molecule has 0 saturated heterocycles. The molecule has 0 saturated carbocycles. The van der Waals surface area contributed by atoms with Crippen molar-refractivity contribution in [2.24, 2.45) is 0 Å². The lowest BCUT2D eigenvalue weighted by Gasteiger charge is -2.18. The Balaban J connectivity index is 2.67. The Morgan fingerprint density at radius 3 is 2.41 bits per heavy atom. The van der Waals surface area contributed by atoms with Gasteiger partial charge in [-0.25, -0.2) is 13.8 Å². The molecular formula is C13H16F2N2. The van der Waals surface area contributed by atoms with Crippen molar-refractivity contribution in [3.05, 3.63) is 30.1 Å². The van der Waals surface area contributed by atoms with Crippen LogP contribution < -0.4 is 0 Å². The Labute approximate surface area is 99.3 Å². The normalized spacial score (nSPS) is 11.9. The van der Waals surface area contributed by atoms with Crippen LogP contribution in [0.3, 0.4) is 0 Å². The van der Waals surface area contributed by atoms with Crippen molar-refractivity contribution in [1.29, 1.82) is 0 Å². The summed E-state index contributed by atoms with van der Waals surface area (Å²) in [5, 5.41) is 0. The molecule has 0 unspecified atom stereocenters. The molecule has 0 aliphatic heterocycles. The van der Waals surface area contributed by atoms with Crippen LogP contribution in [-0.2, 0) is 0 Å². The largest absolute Gasteiger partial charge is 0.320 e. The molecule has 0 aliphatic carbocycles. The fourth-order valence-corrected chi connectivity index (χ4v) is 2.25. The Hall–Kier alpha value is -1.45. The first kappa shape index (κ1) is 12.0. The van der Waals surface area contributed by atoms with Crippen LogP contribution in [0, 0.1) is 0 Å². The molecular weight excluding hydrogens is 222 g/mol. The fraction of sp³-hybridized carbons (Fsp3) is 0.462. The molecule has 0 bridgehead atoms. The first-order valence-corrected chi connectivity index (χ1v) is 5.94. The van der Waals surface area contributed by atoms with E-state index in [1.54, 1.807) is 10.6 Å². The number of benzene rings is 1. The maximum Gasteiger partial charge on any atom is 0.295 e. The summed E-state index contributed by atoms with van der Waals surface area (Å²) in [7, 11) is 0. The third-order valence-corrected chi connectivity index (χ3v) is 3.13. The van der Waals surface area contributed by atoms with Gasteiger partial charge in [-0.05, 0) is 25.0 Å². The Bertz CT molecular complexity index is 501. The summed E-state index contributed by atoms with van der Waals surface area (Å²) in [5.74, 6) is -0.111. The number of alkyl halides is 2. The van der Waals surface area contributed by atoms with Crippen molar-refractivity contribution in [1.82, 2.24) is 9.55 Å². The number of nitrogens with zero attached hydrogens (tertiary/aromatic N) is 2. The number of hydrogen-bond acceptors (Lipinski definition) is 1. The highest BCUT2D eigenvalue weighted by atomic mass is 19.3. The van der Waals surface area contributed by atoms with Crippen LogP contribution in [0.5, 0.6) is 0 Å². The van der Waals surface area contributed by atoms with Gasteiger partial charge in [0, 0.05) is 6.04 Å². The highest BCUT2D eigenvalue weighted by Gasteiger charge is 2.22. The van der Waals surface area contributed by atoms with Gasteiger partial charge in [0.2, 0.25) is 0 Å². The minimum absolute atomic E-state index is 0.0893. The minimum atomic E-state index is -2.53. The molecule has 0 spiro atoms. The van der Waals surface area contributed by atoms with Crippen molar-refractivity contribution >= 4 is 11.0 Å². The van der Waals surface area contributed by atoms with Crippen molar-refractivity contribution in [3.8, 4) is 0 Å². The lowest BCUT2D eigenvalue weighted by molar-refractivity contribution is 0.133. The average molecular weight is 238 g/mol. The average Bonchev–Trinajstić information content (AvgIpc) is 2.71. The second-order valence-corrected chi connectivity index (χ2v) is 4.10. The van der Waals surface area contributed by atoms with Gasteiger partial charge in [-0.2, -0.15) is 0 Å². The molecule has 17 heavy (non-hydrogen) atoms. The highest BCUT2D eigenvalue weighted by Crippen LogP contribution is 2.30. The number of halogens is 2. The van der Waals surface area contributed by atoms with Gasteiger partial charge in [-0.1, -0.05) is 26.0 Å². The van der Waals surface area contributed by atoms with E-state index in [-0.39, 0.29) is 11.9 Å². The predicted octanol–water partition coefficient (Wildman–Crippen LogP) is 4.34. The van der Waals surface area contributed by atoms with E-state index in [4.69, 9.17) is 0 Å². The van der Waals surface area contributed by atoms with Crippen molar-refractivity contribution < 1.29 is 8.78 Å². The summed E-state index contributed by atoms with van der Waals surface area (Å²) < 4.78 is 27.7. The third-order valence-electron chi connectivity index (χ3n) is 3.13. The molecule has 2 aromatic rings. The van der Waals surface area contributed by atoms with E-state index in [2.05, 4.69) is 4.98 Å². The first-order valence-electron chi connectivity index (χ1n) is 5.94. The zero-order chi connectivity index (χ0) is 12.4. The lowest BCUT2D eigenvalue weighted by atomic mass is 10.1. The van der Waals surface area contributed by atoms with Crippen LogP contribution in [0.15, 0.2) is 24.3 Å². The summed E-state index contributed by atoms with van der Waals surface area (Å²) in [6.45, 7) is 4.02. The van der Waals surface area contributed by atoms with Crippen LogP contribution in [0.2, 0.25) is 0 Å². The van der Waals surface area contributed by atoms with Crippen molar-refractivity contribution in [2.45, 2.75) is 39.2 Å². The molecule has 0 amide bonds. The molecule has 92 valence electrons. The number of imidazole rings is 1. The van der Waals surface area contributed by atoms with Gasteiger partial charge in [0.1, 0.15) is 0 Å². The molecule has 4 heteroatoms. The summed E-state index contributed by atoms with van der Waals surface area (Å²) in [6, 6.07) is 7.40. The smallest absolute Gasteiger partial charge is 0.295 e. The van der Waals surface area contributed by atoms with Crippen LogP contribution in [0.4, 0.5) is 8.78 Å². The molecule has 1 heterocycles. The number of aromatic nitrogens is 2. The Morgan fingerprint density at radius 2 is 1.82 bits per heavy atom. The number of fused-ring (bicyclic) bond motifs is 1. The van der Waals surface area contributed by atoms with Crippen LogP contribution in [-0.4, -0.2) is 9.55 Å². The summed E-state index contributed by atoms with van der Waals surface area (Å²) >= 11 is 0. The van der Waals surface area contributed by atoms with E-state index in [0.29, 0.717) is 5.52 Å². The molecule has 2 nitrogen and oxygen atoms in total. The second kappa shape index (κ2) is 4.82. The summed E-state index contributed by atoms with van der Waals surface area (Å²) in [6.07, 6.45) is -0.865. The maximum atomic E-state index is 13.0. The van der Waals surface area contributed by atoms with Crippen molar-refractivity contribution in [2.75, 3.05) is 0 Å². The third kappa shape index (κ3) is 2.04. The van der Waals surface area contributed by atoms with Gasteiger partial charge in [0.25, 0.3) is 6.43 Å². The summed E-state index contributed by atoms with van der Waals surface area (Å²) in [5.41, 5.74) is 1.45. The van der Waals surface area contributed by atoms with E-state index < -0.39 is 6.43 Å². The topological polar surface area (TPSA) is 17.8 Å². The van der Waals surface area contributed by atoms with Gasteiger partial charge in [-0.3, -0.25) is 0 Å². The molecule has 0 fully saturated rings. The fourth-order valence-electron chi connectivity index (χ4n) is 2.25. The Kier molecular flexibility index (Phi) is 3.41. The van der Waals surface area contributed by atoms with E-state index in [0.717, 1.165) is 18.4 Å². The van der Waals surface area contributed by atoms with E-state index >= 15 is 0 Å². The molecule has 0 aliphatic rings. The van der Waals surface area contributed by atoms with Crippen molar-refractivity contribution in [3.63, 3.8) is 0 Å². The molecule has 2 rings (SSSR count). The molecule has 1 aromatic heterocycles. The quantitative estimate of drug-likeness (QED) is 0.775. The number of hydrogen-bond donors (Lipinski definition) is 0. The molecule has 0 N–H and O–H groups in total. The maximum absolute atomic E-state index is 13.0. The van der Waals surface area contributed by atoms with E-state index in [1.165, 1.54) is 0 Å². The summed E-state index contributed by atoms with van der Waals surface area (Å²) in [4.78, 5) is 4.04. The minimum Gasteiger partial charge on any atom is -0.320 e. The lowest BCUT2D eigenvalue weighted by Crippen LogP contribution is -2.11. The zero-order valence-corrected chi connectivity index (χ0v) is 10.0. The molecule has 0 atom stereocenters. The Morgan fingerprint density at radius 1 is 1.18 bits per heavy atom. The first-order chi connectivity index (χ1) is 8.19. The van der Waals surface area contributed by atoms with Gasteiger partial charge >= 0.3 is 0 Å². The van der Waals surface area contributed by atoms with Gasteiger partial charge < -0.3 is 4.57 Å². The SMILES string of the molecule is CCC(CC)n1c(C(F)F)nc2ccccc21. The number of para-hydroxylation sites is 2. The highest BCUT2D eigenvalue weighted by molar-refractivity contribution is 5.76. The van der Waals surface area contributed by atoms with E-state index in [9.17, 15) is 8.78 Å². The second-order valence-electron chi connectivity index (χ2n) is 4.10. The number of rotatable bonds is 4. The van der Waals surface area contributed by atoms with Gasteiger partial charge in [0.15, 0.2) is 5.82 Å². The van der Waals surface area contributed by atoms with E-state index in [1.807, 2.05) is 32.0 Å². The van der Waals surface area contributed by atoms with Gasteiger partial charge in [0.05, 0.1) is 11.0 Å². The predicted molar refractivity (Wildman–Crippen MR) is 64.3 cm³/mol. The van der Waals surface area contributed by atoms with Crippen LogP contribution in [0.1, 0.15) is 45.0 Å². The molecule has 0 radical (unpaired) electrons. The zero-order valence-electron chi connectivity index (χ0n) is 10.0. The molecule has 1 aromatic carbocycles. The van der Waals surface area contributed by atoms with Gasteiger partial charge in [-0.15, -0.1) is 0 Å². The monoisotopic (exact) mass is 238 g/mol.